The molecule has 4 rings (SSSR count). The number of hydrogen-bond donors (Lipinski definition) is 0. The van der Waals surface area contributed by atoms with Gasteiger partial charge in [-0.3, -0.25) is 14.5 Å². The number of unbranched alkanes of at least 4 members (excludes halogenated alkanes) is 3. The molecule has 37 heavy (non-hydrogen) atoms. The number of nitrogens with zero attached hydrogens (tertiary/aromatic N) is 1. The summed E-state index contributed by atoms with van der Waals surface area (Å²) >= 11 is 0. The van der Waals surface area contributed by atoms with E-state index in [1.165, 1.54) is 11.3 Å². The van der Waals surface area contributed by atoms with Crippen molar-refractivity contribution in [3.63, 3.8) is 0 Å². The lowest BCUT2D eigenvalue weighted by Crippen LogP contribution is -2.41. The van der Waals surface area contributed by atoms with E-state index in [-0.39, 0.29) is 17.9 Å². The second-order valence-corrected chi connectivity index (χ2v) is 10.9. The molecule has 3 atom stereocenters. The third kappa shape index (κ3) is 5.89. The topological polar surface area (TPSA) is 72.9 Å². The Kier molecular flexibility index (Phi) is 8.67. The first-order chi connectivity index (χ1) is 17.8. The maximum absolute atomic E-state index is 13.4. The second-order valence-electron chi connectivity index (χ2n) is 10.9. The zero-order valence-electron chi connectivity index (χ0n) is 22.3. The fourth-order valence-corrected chi connectivity index (χ4v) is 5.80. The minimum absolute atomic E-state index is 0.132. The lowest BCUT2D eigenvalue weighted by atomic mass is 9.75. The average molecular weight is 506 g/mol. The van der Waals surface area contributed by atoms with E-state index in [4.69, 9.17) is 9.47 Å². The lowest BCUT2D eigenvalue weighted by Gasteiger charge is -2.37. The number of carbonyl (C=O) groups is 3. The Labute approximate surface area is 220 Å². The summed E-state index contributed by atoms with van der Waals surface area (Å²) in [7, 11) is 0. The molecule has 2 amide bonds. The predicted molar refractivity (Wildman–Crippen MR) is 145 cm³/mol. The van der Waals surface area contributed by atoms with E-state index >= 15 is 0 Å². The van der Waals surface area contributed by atoms with Crippen LogP contribution in [-0.2, 0) is 9.53 Å². The number of hydrogen-bond acceptors (Lipinski definition) is 5. The normalized spacial score (nSPS) is 21.4. The Morgan fingerprint density at radius 3 is 2.51 bits per heavy atom. The monoisotopic (exact) mass is 505 g/mol. The maximum atomic E-state index is 13.4. The second kappa shape index (κ2) is 11.9. The molecule has 2 aromatic rings. The number of rotatable bonds is 11. The Morgan fingerprint density at radius 1 is 1.05 bits per heavy atom. The summed E-state index contributed by atoms with van der Waals surface area (Å²) in [5.74, 6) is 1.51. The van der Waals surface area contributed by atoms with Gasteiger partial charge < -0.3 is 9.47 Å². The van der Waals surface area contributed by atoms with Crippen molar-refractivity contribution in [1.29, 1.82) is 0 Å². The highest BCUT2D eigenvalue weighted by atomic mass is 16.5. The minimum atomic E-state index is -0.418. The molecule has 1 aliphatic heterocycles. The summed E-state index contributed by atoms with van der Waals surface area (Å²) < 4.78 is 11.6. The van der Waals surface area contributed by atoms with Crippen LogP contribution in [0.1, 0.15) is 86.4 Å². The lowest BCUT2D eigenvalue weighted by molar-refractivity contribution is -0.137. The first kappa shape index (κ1) is 26.9. The van der Waals surface area contributed by atoms with Crippen molar-refractivity contribution in [3.05, 3.63) is 54.1 Å². The van der Waals surface area contributed by atoms with Gasteiger partial charge in [-0.25, -0.2) is 4.79 Å². The van der Waals surface area contributed by atoms with Gasteiger partial charge in [0.2, 0.25) is 0 Å². The van der Waals surface area contributed by atoms with Gasteiger partial charge in [-0.2, -0.15) is 0 Å². The molecule has 2 aliphatic rings. The molecule has 0 N–H and O–H groups in total. The Hall–Kier alpha value is -3.15. The molecule has 0 radical (unpaired) electrons. The molecule has 6 nitrogen and oxygen atoms in total. The number of ether oxygens (including phenoxy) is 2. The fraction of sp³-hybridized carbons (Fsp3) is 0.516. The van der Waals surface area contributed by atoms with Crippen LogP contribution in [0, 0.1) is 17.8 Å². The van der Waals surface area contributed by atoms with Crippen molar-refractivity contribution in [1.82, 2.24) is 4.90 Å². The van der Waals surface area contributed by atoms with Gasteiger partial charge in [0, 0.05) is 34.5 Å². The zero-order valence-corrected chi connectivity index (χ0v) is 22.3. The smallest absolute Gasteiger partial charge is 0.330 e. The van der Waals surface area contributed by atoms with Crippen LogP contribution in [0.3, 0.4) is 0 Å². The number of imide groups is 1. The highest BCUT2D eigenvalue weighted by Gasteiger charge is 2.35. The van der Waals surface area contributed by atoms with E-state index in [9.17, 15) is 14.4 Å². The molecule has 0 bridgehead atoms. The van der Waals surface area contributed by atoms with Gasteiger partial charge in [0.15, 0.2) is 0 Å². The largest absolute Gasteiger partial charge is 0.489 e. The number of benzene rings is 2. The van der Waals surface area contributed by atoms with Gasteiger partial charge >= 0.3 is 5.97 Å². The first-order valence-corrected chi connectivity index (χ1v) is 13.7. The van der Waals surface area contributed by atoms with Crippen LogP contribution in [0.2, 0.25) is 0 Å². The van der Waals surface area contributed by atoms with E-state index < -0.39 is 5.97 Å². The molecule has 1 aliphatic carbocycles. The molecule has 0 saturated heterocycles. The van der Waals surface area contributed by atoms with Crippen molar-refractivity contribution in [2.45, 2.75) is 71.8 Å². The summed E-state index contributed by atoms with van der Waals surface area (Å²) in [4.78, 5) is 39.2. The van der Waals surface area contributed by atoms with Gasteiger partial charge in [0.05, 0.1) is 6.61 Å². The van der Waals surface area contributed by atoms with Gasteiger partial charge in [-0.1, -0.05) is 52.3 Å². The molecule has 3 unspecified atom stereocenters. The summed E-state index contributed by atoms with van der Waals surface area (Å²) in [6.07, 6.45) is 7.83. The van der Waals surface area contributed by atoms with E-state index in [1.807, 2.05) is 30.3 Å². The molecule has 1 fully saturated rings. The molecule has 198 valence electrons. The highest BCUT2D eigenvalue weighted by molar-refractivity contribution is 6.26. The SMILES string of the molecule is C=CC(=O)OCCCCCCN1C(=O)c2cccc3c(OC4CC(C)CCC4C(C)C)ccc(c23)C1=O. The van der Waals surface area contributed by atoms with Crippen molar-refractivity contribution >= 4 is 28.6 Å². The summed E-state index contributed by atoms with van der Waals surface area (Å²) in [6.45, 7) is 10.9. The van der Waals surface area contributed by atoms with E-state index in [0.29, 0.717) is 53.8 Å². The van der Waals surface area contributed by atoms with Crippen molar-refractivity contribution < 1.29 is 23.9 Å². The predicted octanol–water partition coefficient (Wildman–Crippen LogP) is 6.57. The molecule has 0 aromatic heterocycles. The highest BCUT2D eigenvalue weighted by Crippen LogP contribution is 2.40. The quantitative estimate of drug-likeness (QED) is 0.150. The molecule has 6 heteroatoms. The maximum Gasteiger partial charge on any atom is 0.330 e. The van der Waals surface area contributed by atoms with Gasteiger partial charge in [0.25, 0.3) is 11.8 Å². The Morgan fingerprint density at radius 2 is 1.78 bits per heavy atom. The number of carbonyl (C=O) groups excluding carboxylic acids is 3. The van der Waals surface area contributed by atoms with Crippen LogP contribution in [-0.4, -0.2) is 41.9 Å². The average Bonchev–Trinajstić information content (AvgIpc) is 2.88. The molecule has 2 aromatic carbocycles. The van der Waals surface area contributed by atoms with Crippen LogP contribution in [0.5, 0.6) is 5.75 Å². The first-order valence-electron chi connectivity index (χ1n) is 13.7. The van der Waals surface area contributed by atoms with E-state index in [2.05, 4.69) is 27.4 Å². The molecule has 1 heterocycles. The Bertz CT molecular complexity index is 1150. The van der Waals surface area contributed by atoms with Crippen LogP contribution in [0.25, 0.3) is 10.8 Å². The van der Waals surface area contributed by atoms with Crippen molar-refractivity contribution in [2.75, 3.05) is 13.2 Å². The standard InChI is InChI=1S/C31H39NO5/c1-5-28(33)36-18-9-7-6-8-17-32-30(34)24-12-10-11-23-26(16-15-25(29(23)24)31(32)35)37-27-19-21(4)13-14-22(27)20(2)3/h5,10-12,15-16,20-22,27H,1,6-9,13-14,17-19H2,2-4H3. The van der Waals surface area contributed by atoms with E-state index in [1.54, 1.807) is 0 Å². The van der Waals surface area contributed by atoms with Crippen molar-refractivity contribution in [2.24, 2.45) is 17.8 Å². The molecule has 0 spiro atoms. The summed E-state index contributed by atoms with van der Waals surface area (Å²) in [5, 5.41) is 1.55. The third-order valence-corrected chi connectivity index (χ3v) is 7.88. The van der Waals surface area contributed by atoms with Gasteiger partial charge in [-0.05, 0) is 68.1 Å². The van der Waals surface area contributed by atoms with Crippen LogP contribution >= 0.6 is 0 Å². The third-order valence-electron chi connectivity index (χ3n) is 7.88. The molecular formula is C31H39NO5. The van der Waals surface area contributed by atoms with Gasteiger partial charge in [-0.15, -0.1) is 0 Å². The van der Waals surface area contributed by atoms with Crippen molar-refractivity contribution in [3.8, 4) is 5.75 Å². The Balaban J connectivity index is 1.47. The fourth-order valence-electron chi connectivity index (χ4n) is 5.80. The van der Waals surface area contributed by atoms with Crippen LogP contribution in [0.15, 0.2) is 43.0 Å². The number of amides is 2. The summed E-state index contributed by atoms with van der Waals surface area (Å²) in [5.41, 5.74) is 1.12. The van der Waals surface area contributed by atoms with Gasteiger partial charge in [0.1, 0.15) is 11.9 Å². The zero-order chi connectivity index (χ0) is 26.5. The summed E-state index contributed by atoms with van der Waals surface area (Å²) in [6, 6.07) is 9.39. The minimum Gasteiger partial charge on any atom is -0.489 e. The van der Waals surface area contributed by atoms with E-state index in [0.717, 1.165) is 49.3 Å². The van der Waals surface area contributed by atoms with Crippen LogP contribution in [0.4, 0.5) is 0 Å². The van der Waals surface area contributed by atoms with Crippen LogP contribution < -0.4 is 4.74 Å². The molecular weight excluding hydrogens is 466 g/mol. The number of esters is 1. The molecule has 1 saturated carbocycles.